The summed E-state index contributed by atoms with van der Waals surface area (Å²) in [4.78, 5) is 11.3. The first-order valence-electron chi connectivity index (χ1n) is 6.55. The zero-order valence-corrected chi connectivity index (χ0v) is 10.8. The fourth-order valence-electron chi connectivity index (χ4n) is 2.61. The zero-order chi connectivity index (χ0) is 12.3. The van der Waals surface area contributed by atoms with Crippen LogP contribution >= 0.6 is 0 Å². The van der Waals surface area contributed by atoms with Crippen LogP contribution in [-0.2, 0) is 6.42 Å². The molecule has 0 aliphatic carbocycles. The third kappa shape index (κ3) is 2.57. The highest BCUT2D eigenvalue weighted by Gasteiger charge is 2.30. The average Bonchev–Trinajstić information content (AvgIpc) is 2.72. The van der Waals surface area contributed by atoms with E-state index >= 15 is 0 Å². The van der Waals surface area contributed by atoms with Crippen molar-refractivity contribution in [3.05, 3.63) is 18.0 Å². The van der Waals surface area contributed by atoms with Gasteiger partial charge in [0.1, 0.15) is 0 Å². The Bertz CT molecular complexity index is 349. The van der Waals surface area contributed by atoms with Crippen LogP contribution in [0.2, 0.25) is 0 Å². The Labute approximate surface area is 103 Å². The van der Waals surface area contributed by atoms with E-state index in [0.717, 1.165) is 24.4 Å². The second kappa shape index (κ2) is 5.45. The van der Waals surface area contributed by atoms with Gasteiger partial charge in [0.05, 0.1) is 0 Å². The van der Waals surface area contributed by atoms with E-state index in [4.69, 9.17) is 5.73 Å². The molecule has 2 N–H and O–H groups in total. The fraction of sp³-hybridized carbons (Fsp3) is 0.692. The Hall–Kier alpha value is -1.16. The summed E-state index contributed by atoms with van der Waals surface area (Å²) in [7, 11) is 0. The molecule has 0 amide bonds. The summed E-state index contributed by atoms with van der Waals surface area (Å²) in [5, 5.41) is 0. The lowest BCUT2D eigenvalue weighted by Gasteiger charge is -2.27. The van der Waals surface area contributed by atoms with E-state index in [9.17, 15) is 0 Å². The molecule has 0 aromatic carbocycles. The van der Waals surface area contributed by atoms with Gasteiger partial charge in [-0.1, -0.05) is 6.92 Å². The number of hydrogen-bond donors (Lipinski definition) is 1. The molecule has 1 saturated heterocycles. The highest BCUT2D eigenvalue weighted by molar-refractivity contribution is 5.35. The molecule has 2 heterocycles. The van der Waals surface area contributed by atoms with Gasteiger partial charge in [-0.05, 0) is 44.7 Å². The van der Waals surface area contributed by atoms with Gasteiger partial charge in [-0.3, -0.25) is 0 Å². The number of aromatic nitrogens is 2. The maximum absolute atomic E-state index is 5.52. The maximum Gasteiger partial charge on any atom is 0.225 e. The van der Waals surface area contributed by atoms with Crippen molar-refractivity contribution in [1.82, 2.24) is 9.97 Å². The van der Waals surface area contributed by atoms with E-state index in [1.807, 2.05) is 12.4 Å². The third-order valence-corrected chi connectivity index (χ3v) is 3.61. The first-order chi connectivity index (χ1) is 8.26. The van der Waals surface area contributed by atoms with Gasteiger partial charge < -0.3 is 10.6 Å². The summed E-state index contributed by atoms with van der Waals surface area (Å²) in [5.74, 6) is 0.877. The summed E-state index contributed by atoms with van der Waals surface area (Å²) in [6, 6.07) is 1.16. The van der Waals surface area contributed by atoms with Gasteiger partial charge in [0, 0.05) is 24.5 Å². The minimum atomic E-state index is 0.556. The van der Waals surface area contributed by atoms with Crippen molar-refractivity contribution < 1.29 is 0 Å². The largest absolute Gasteiger partial charge is 0.335 e. The standard InChI is InChI=1S/C13H22N4/c1-3-12-5-4-10(2)17(12)13-15-8-11(6-7-14)9-16-13/h8-10,12H,3-7,14H2,1-2H3. The van der Waals surface area contributed by atoms with E-state index in [0.29, 0.717) is 18.6 Å². The van der Waals surface area contributed by atoms with Gasteiger partial charge in [-0.15, -0.1) is 0 Å². The van der Waals surface area contributed by atoms with Crippen LogP contribution in [0.5, 0.6) is 0 Å². The Morgan fingerprint density at radius 1 is 1.35 bits per heavy atom. The molecule has 1 aliphatic heterocycles. The van der Waals surface area contributed by atoms with Gasteiger partial charge in [0.2, 0.25) is 5.95 Å². The van der Waals surface area contributed by atoms with Gasteiger partial charge in [-0.2, -0.15) is 0 Å². The quantitative estimate of drug-likeness (QED) is 0.862. The highest BCUT2D eigenvalue weighted by atomic mass is 15.3. The number of rotatable bonds is 4. The lowest BCUT2D eigenvalue weighted by molar-refractivity contribution is 0.612. The van der Waals surface area contributed by atoms with Crippen molar-refractivity contribution in [1.29, 1.82) is 0 Å². The molecule has 94 valence electrons. The van der Waals surface area contributed by atoms with Crippen LogP contribution in [0.15, 0.2) is 12.4 Å². The third-order valence-electron chi connectivity index (χ3n) is 3.61. The van der Waals surface area contributed by atoms with E-state index in [-0.39, 0.29) is 0 Å². The molecule has 2 atom stereocenters. The Balaban J connectivity index is 2.15. The first-order valence-corrected chi connectivity index (χ1v) is 6.55. The van der Waals surface area contributed by atoms with Crippen molar-refractivity contribution in [2.24, 2.45) is 5.73 Å². The van der Waals surface area contributed by atoms with E-state index in [1.165, 1.54) is 12.8 Å². The van der Waals surface area contributed by atoms with Crippen LogP contribution < -0.4 is 10.6 Å². The fourth-order valence-corrected chi connectivity index (χ4v) is 2.61. The molecule has 4 nitrogen and oxygen atoms in total. The normalized spacial score (nSPS) is 24.3. The lowest BCUT2D eigenvalue weighted by atomic mass is 10.2. The Kier molecular flexibility index (Phi) is 3.94. The summed E-state index contributed by atoms with van der Waals surface area (Å²) >= 11 is 0. The maximum atomic E-state index is 5.52. The molecule has 1 aromatic rings. The van der Waals surface area contributed by atoms with Crippen LogP contribution in [0.4, 0.5) is 5.95 Å². The molecule has 1 fully saturated rings. The molecule has 1 aliphatic rings. The number of nitrogens with two attached hydrogens (primary N) is 1. The van der Waals surface area contributed by atoms with Crippen LogP contribution in [-0.4, -0.2) is 28.6 Å². The molecule has 2 rings (SSSR count). The zero-order valence-electron chi connectivity index (χ0n) is 10.8. The van der Waals surface area contributed by atoms with Crippen LogP contribution in [0, 0.1) is 0 Å². The molecule has 0 spiro atoms. The van der Waals surface area contributed by atoms with E-state index in [1.54, 1.807) is 0 Å². The molecule has 1 aromatic heterocycles. The smallest absolute Gasteiger partial charge is 0.225 e. The van der Waals surface area contributed by atoms with Crippen molar-refractivity contribution in [3.8, 4) is 0 Å². The van der Waals surface area contributed by atoms with Crippen LogP contribution in [0.25, 0.3) is 0 Å². The molecule has 4 heteroatoms. The second-order valence-corrected chi connectivity index (χ2v) is 4.83. The Morgan fingerprint density at radius 2 is 2.06 bits per heavy atom. The van der Waals surface area contributed by atoms with Gasteiger partial charge in [-0.25, -0.2) is 9.97 Å². The van der Waals surface area contributed by atoms with Crippen molar-refractivity contribution >= 4 is 5.95 Å². The lowest BCUT2D eigenvalue weighted by Crippen LogP contribution is -2.35. The summed E-state index contributed by atoms with van der Waals surface area (Å²) < 4.78 is 0. The monoisotopic (exact) mass is 234 g/mol. The van der Waals surface area contributed by atoms with Gasteiger partial charge >= 0.3 is 0 Å². The average molecular weight is 234 g/mol. The SMILES string of the molecule is CCC1CCC(C)N1c1ncc(CCN)cn1. The summed E-state index contributed by atoms with van der Waals surface area (Å²) in [6.45, 7) is 5.14. The van der Waals surface area contributed by atoms with E-state index < -0.39 is 0 Å². The molecule has 0 bridgehead atoms. The molecule has 2 unspecified atom stereocenters. The molecule has 17 heavy (non-hydrogen) atoms. The minimum absolute atomic E-state index is 0.556. The molecular weight excluding hydrogens is 212 g/mol. The number of nitrogens with zero attached hydrogens (tertiary/aromatic N) is 3. The number of hydrogen-bond acceptors (Lipinski definition) is 4. The second-order valence-electron chi connectivity index (χ2n) is 4.83. The van der Waals surface area contributed by atoms with Crippen molar-refractivity contribution in [2.45, 2.75) is 51.6 Å². The molecular formula is C13H22N4. The van der Waals surface area contributed by atoms with Gasteiger partial charge in [0.25, 0.3) is 0 Å². The molecule has 0 saturated carbocycles. The number of anilines is 1. The van der Waals surface area contributed by atoms with E-state index in [2.05, 4.69) is 28.7 Å². The van der Waals surface area contributed by atoms with Crippen LogP contribution in [0.1, 0.15) is 38.7 Å². The van der Waals surface area contributed by atoms with Crippen molar-refractivity contribution in [2.75, 3.05) is 11.4 Å². The summed E-state index contributed by atoms with van der Waals surface area (Å²) in [5.41, 5.74) is 6.64. The topological polar surface area (TPSA) is 55.0 Å². The first kappa shape index (κ1) is 12.3. The Morgan fingerprint density at radius 3 is 2.65 bits per heavy atom. The minimum Gasteiger partial charge on any atom is -0.335 e. The van der Waals surface area contributed by atoms with Crippen LogP contribution in [0.3, 0.4) is 0 Å². The van der Waals surface area contributed by atoms with Crippen molar-refractivity contribution in [3.63, 3.8) is 0 Å². The summed E-state index contributed by atoms with van der Waals surface area (Å²) in [6.07, 6.45) is 8.34. The predicted octanol–water partition coefficient (Wildman–Crippen LogP) is 1.75. The highest BCUT2D eigenvalue weighted by Crippen LogP contribution is 2.29. The predicted molar refractivity (Wildman–Crippen MR) is 70.0 cm³/mol. The molecule has 0 radical (unpaired) electrons. The van der Waals surface area contributed by atoms with Gasteiger partial charge in [0.15, 0.2) is 0 Å².